The van der Waals surface area contributed by atoms with E-state index in [1.54, 1.807) is 48.5 Å². The molecule has 0 unspecified atom stereocenters. The topological polar surface area (TPSA) is 100 Å². The SMILES string of the molecule is COc1ccc(O)c(C=NNC(=O)c2cccc(NC(=O)c3ccc(C)cc3)c2)c1. The molecule has 3 N–H and O–H groups in total. The number of phenols is 1. The summed E-state index contributed by atoms with van der Waals surface area (Å²) in [6, 6.07) is 18.4. The number of nitrogens with zero attached hydrogens (tertiary/aromatic N) is 1. The van der Waals surface area contributed by atoms with Gasteiger partial charge >= 0.3 is 0 Å². The van der Waals surface area contributed by atoms with Gasteiger partial charge in [-0.1, -0.05) is 23.8 Å². The van der Waals surface area contributed by atoms with Crippen LogP contribution in [0.2, 0.25) is 0 Å². The van der Waals surface area contributed by atoms with Crippen LogP contribution < -0.4 is 15.5 Å². The summed E-state index contributed by atoms with van der Waals surface area (Å²) in [5.74, 6) is -0.161. The highest BCUT2D eigenvalue weighted by Crippen LogP contribution is 2.21. The molecule has 0 bridgehead atoms. The van der Waals surface area contributed by atoms with Gasteiger partial charge in [0.05, 0.1) is 13.3 Å². The summed E-state index contributed by atoms with van der Waals surface area (Å²) in [4.78, 5) is 24.7. The van der Waals surface area contributed by atoms with Gasteiger partial charge in [-0.05, 0) is 55.5 Å². The lowest BCUT2D eigenvalue weighted by molar-refractivity contribution is 0.0953. The van der Waals surface area contributed by atoms with Gasteiger partial charge in [-0.2, -0.15) is 5.10 Å². The number of hydrogen-bond donors (Lipinski definition) is 3. The first-order valence-electron chi connectivity index (χ1n) is 9.15. The molecule has 152 valence electrons. The third-order valence-corrected chi connectivity index (χ3v) is 4.30. The number of hydrazone groups is 1. The van der Waals surface area contributed by atoms with Crippen LogP contribution in [-0.4, -0.2) is 30.2 Å². The number of ether oxygens (including phenoxy) is 1. The molecule has 0 aliphatic rings. The number of rotatable bonds is 6. The summed E-state index contributed by atoms with van der Waals surface area (Å²) < 4.78 is 5.09. The van der Waals surface area contributed by atoms with Crippen molar-refractivity contribution in [3.05, 3.63) is 89.0 Å². The third kappa shape index (κ3) is 5.23. The number of carbonyl (C=O) groups is 2. The van der Waals surface area contributed by atoms with Crippen molar-refractivity contribution in [2.75, 3.05) is 12.4 Å². The second-order valence-electron chi connectivity index (χ2n) is 6.52. The number of hydrogen-bond acceptors (Lipinski definition) is 5. The third-order valence-electron chi connectivity index (χ3n) is 4.30. The van der Waals surface area contributed by atoms with Crippen molar-refractivity contribution in [1.82, 2.24) is 5.43 Å². The van der Waals surface area contributed by atoms with Gasteiger partial charge in [0.15, 0.2) is 0 Å². The predicted molar refractivity (Wildman–Crippen MR) is 115 cm³/mol. The van der Waals surface area contributed by atoms with Gasteiger partial charge in [-0.3, -0.25) is 9.59 Å². The lowest BCUT2D eigenvalue weighted by atomic mass is 10.1. The molecule has 0 aromatic heterocycles. The Morgan fingerprint density at radius 2 is 1.73 bits per heavy atom. The van der Waals surface area contributed by atoms with Gasteiger partial charge in [0.2, 0.25) is 0 Å². The van der Waals surface area contributed by atoms with Crippen LogP contribution in [0.3, 0.4) is 0 Å². The highest BCUT2D eigenvalue weighted by Gasteiger charge is 2.09. The highest BCUT2D eigenvalue weighted by atomic mass is 16.5. The molecule has 30 heavy (non-hydrogen) atoms. The lowest BCUT2D eigenvalue weighted by Crippen LogP contribution is -2.18. The van der Waals surface area contributed by atoms with Crippen LogP contribution in [0.1, 0.15) is 31.8 Å². The van der Waals surface area contributed by atoms with Crippen LogP contribution in [0.5, 0.6) is 11.5 Å². The van der Waals surface area contributed by atoms with E-state index in [0.29, 0.717) is 28.1 Å². The number of methoxy groups -OCH3 is 1. The number of carbonyl (C=O) groups excluding carboxylic acids is 2. The Morgan fingerprint density at radius 1 is 0.967 bits per heavy atom. The van der Waals surface area contributed by atoms with E-state index in [4.69, 9.17) is 4.74 Å². The van der Waals surface area contributed by atoms with Gasteiger partial charge < -0.3 is 15.2 Å². The molecule has 3 aromatic rings. The number of aryl methyl sites for hydroxylation is 1. The number of amides is 2. The fourth-order valence-corrected chi connectivity index (χ4v) is 2.63. The molecular formula is C23H21N3O4. The molecule has 0 spiro atoms. The number of benzene rings is 3. The second kappa shape index (κ2) is 9.38. The maximum atomic E-state index is 12.4. The molecule has 7 heteroatoms. The Morgan fingerprint density at radius 3 is 2.47 bits per heavy atom. The minimum Gasteiger partial charge on any atom is -0.507 e. The zero-order chi connectivity index (χ0) is 21.5. The maximum absolute atomic E-state index is 12.4. The highest BCUT2D eigenvalue weighted by molar-refractivity contribution is 6.05. The molecule has 0 radical (unpaired) electrons. The molecule has 0 saturated carbocycles. The fraction of sp³-hybridized carbons (Fsp3) is 0.0870. The Kier molecular flexibility index (Phi) is 6.44. The molecule has 0 heterocycles. The molecule has 3 aromatic carbocycles. The van der Waals surface area contributed by atoms with E-state index < -0.39 is 5.91 Å². The normalized spacial score (nSPS) is 10.6. The van der Waals surface area contributed by atoms with E-state index in [1.807, 2.05) is 19.1 Å². The van der Waals surface area contributed by atoms with Gasteiger partial charge in [0, 0.05) is 22.4 Å². The van der Waals surface area contributed by atoms with Crippen molar-refractivity contribution in [3.63, 3.8) is 0 Å². The summed E-state index contributed by atoms with van der Waals surface area (Å²) >= 11 is 0. The monoisotopic (exact) mass is 403 g/mol. The lowest BCUT2D eigenvalue weighted by Gasteiger charge is -2.07. The van der Waals surface area contributed by atoms with Gasteiger partial charge in [-0.25, -0.2) is 5.43 Å². The summed E-state index contributed by atoms with van der Waals surface area (Å²) in [5, 5.41) is 16.5. The van der Waals surface area contributed by atoms with Crippen molar-refractivity contribution >= 4 is 23.7 Å². The van der Waals surface area contributed by atoms with Crippen LogP contribution in [0.4, 0.5) is 5.69 Å². The quantitative estimate of drug-likeness (QED) is 0.431. The fourth-order valence-electron chi connectivity index (χ4n) is 2.63. The van der Waals surface area contributed by atoms with Gasteiger partial charge in [0.1, 0.15) is 11.5 Å². The summed E-state index contributed by atoms with van der Waals surface area (Å²) in [6.45, 7) is 1.95. The minimum atomic E-state index is -0.458. The van der Waals surface area contributed by atoms with E-state index in [-0.39, 0.29) is 11.7 Å². The van der Waals surface area contributed by atoms with E-state index in [0.717, 1.165) is 5.56 Å². The molecule has 7 nitrogen and oxygen atoms in total. The van der Waals surface area contributed by atoms with Crippen molar-refractivity contribution in [2.24, 2.45) is 5.10 Å². The molecule has 0 fully saturated rings. The molecule has 0 aliphatic carbocycles. The Bertz CT molecular complexity index is 1090. The zero-order valence-corrected chi connectivity index (χ0v) is 16.5. The van der Waals surface area contributed by atoms with Crippen molar-refractivity contribution in [3.8, 4) is 11.5 Å². The summed E-state index contributed by atoms with van der Waals surface area (Å²) in [6.07, 6.45) is 1.32. The van der Waals surface area contributed by atoms with E-state index in [1.165, 1.54) is 19.4 Å². The van der Waals surface area contributed by atoms with Crippen molar-refractivity contribution in [2.45, 2.75) is 6.92 Å². The minimum absolute atomic E-state index is 0.00890. The first-order chi connectivity index (χ1) is 14.5. The van der Waals surface area contributed by atoms with Crippen molar-refractivity contribution in [1.29, 1.82) is 0 Å². The standard InChI is InChI=1S/C23H21N3O4/c1-15-6-8-16(9-7-15)22(28)25-19-5-3-4-17(12-19)23(29)26-24-14-18-13-20(30-2)10-11-21(18)27/h3-14,27H,1-2H3,(H,25,28)(H,26,29). The number of anilines is 1. The smallest absolute Gasteiger partial charge is 0.271 e. The van der Waals surface area contributed by atoms with Crippen LogP contribution in [-0.2, 0) is 0 Å². The summed E-state index contributed by atoms with van der Waals surface area (Å²) in [7, 11) is 1.51. The largest absolute Gasteiger partial charge is 0.507 e. The maximum Gasteiger partial charge on any atom is 0.271 e. The Hall–Kier alpha value is -4.13. The summed E-state index contributed by atoms with van der Waals surface area (Å²) in [5.41, 5.74) is 5.19. The first kappa shape index (κ1) is 20.6. The van der Waals surface area contributed by atoms with Crippen LogP contribution >= 0.6 is 0 Å². The predicted octanol–water partition coefficient (Wildman–Crippen LogP) is 3.73. The van der Waals surface area contributed by atoms with Crippen LogP contribution in [0.15, 0.2) is 71.8 Å². The molecule has 0 saturated heterocycles. The Labute approximate surface area is 174 Å². The first-order valence-corrected chi connectivity index (χ1v) is 9.15. The average molecular weight is 403 g/mol. The number of nitrogens with one attached hydrogen (secondary N) is 2. The van der Waals surface area contributed by atoms with Gasteiger partial charge in [-0.15, -0.1) is 0 Å². The number of phenolic OH excluding ortho intramolecular Hbond substituents is 1. The number of aromatic hydroxyl groups is 1. The molecule has 0 atom stereocenters. The van der Waals surface area contributed by atoms with E-state index in [2.05, 4.69) is 15.8 Å². The van der Waals surface area contributed by atoms with E-state index in [9.17, 15) is 14.7 Å². The second-order valence-corrected chi connectivity index (χ2v) is 6.52. The molecule has 2 amide bonds. The van der Waals surface area contributed by atoms with Crippen molar-refractivity contribution < 1.29 is 19.4 Å². The zero-order valence-electron chi connectivity index (χ0n) is 16.5. The van der Waals surface area contributed by atoms with Gasteiger partial charge in [0.25, 0.3) is 11.8 Å². The molecular weight excluding hydrogens is 382 g/mol. The van der Waals surface area contributed by atoms with E-state index >= 15 is 0 Å². The van der Waals surface area contributed by atoms with Crippen LogP contribution in [0.25, 0.3) is 0 Å². The van der Waals surface area contributed by atoms with Crippen LogP contribution in [0, 0.1) is 6.92 Å². The molecule has 0 aliphatic heterocycles. The average Bonchev–Trinajstić information content (AvgIpc) is 2.75. The molecule has 3 rings (SSSR count). The Balaban J connectivity index is 1.66.